The number of carbonyl (C=O) groups excluding carboxylic acids is 5. The number of phenols is 1. The third-order valence-electron chi connectivity index (χ3n) is 10.1. The predicted molar refractivity (Wildman–Crippen MR) is 182 cm³/mol. The number of piperidine rings is 1. The molecule has 1 saturated heterocycles. The molecule has 2 bridgehead atoms. The average molecular weight is 715 g/mol. The van der Waals surface area contributed by atoms with Crippen molar-refractivity contribution in [2.24, 2.45) is 0 Å². The number of hydrogen-bond acceptors (Lipinski definition) is 12. The van der Waals surface area contributed by atoms with Gasteiger partial charge < -0.3 is 50.0 Å². The molecule has 6 unspecified atom stereocenters. The molecule has 3 amide bonds. The number of hydrogen-bond donors (Lipinski definition) is 5. The second-order valence-corrected chi connectivity index (χ2v) is 14.9. The van der Waals surface area contributed by atoms with Gasteiger partial charge in [-0.25, -0.2) is 9.59 Å². The SMILES string of the molecule is CC(=O)NC(CCCCNC(=O)OC(C)(C)C)C(=O)NCCC(=O)OC(C)C(=O)OC1=CCC2(O)C3Cc4ccc(O)c5c4C2(CCN3C)C1O5. The van der Waals surface area contributed by atoms with Crippen molar-refractivity contribution >= 4 is 29.8 Å². The first-order valence-corrected chi connectivity index (χ1v) is 17.5. The largest absolute Gasteiger partial charge is 0.504 e. The van der Waals surface area contributed by atoms with Gasteiger partial charge in [0, 0.05) is 38.0 Å². The molecule has 2 aliphatic heterocycles. The summed E-state index contributed by atoms with van der Waals surface area (Å²) in [7, 11) is 1.98. The molecule has 1 aromatic carbocycles. The summed E-state index contributed by atoms with van der Waals surface area (Å²) < 4.78 is 22.6. The Kier molecular flexibility index (Phi) is 10.9. The number of likely N-dealkylation sites (N-methyl/N-ethyl adjacent to an activating group) is 1. The molecule has 2 aliphatic carbocycles. The van der Waals surface area contributed by atoms with Crippen LogP contribution in [0.4, 0.5) is 4.79 Å². The lowest BCUT2D eigenvalue weighted by Gasteiger charge is -2.61. The van der Waals surface area contributed by atoms with E-state index in [2.05, 4.69) is 20.9 Å². The summed E-state index contributed by atoms with van der Waals surface area (Å²) in [5.74, 6) is -2.03. The lowest BCUT2D eigenvalue weighted by molar-refractivity contribution is -0.175. The van der Waals surface area contributed by atoms with Gasteiger partial charge in [0.1, 0.15) is 17.4 Å². The number of carbonyl (C=O) groups is 5. The molecule has 1 fully saturated rings. The van der Waals surface area contributed by atoms with Gasteiger partial charge in [0.05, 0.1) is 17.4 Å². The van der Waals surface area contributed by atoms with E-state index in [9.17, 15) is 34.2 Å². The van der Waals surface area contributed by atoms with Crippen LogP contribution in [-0.4, -0.2) is 107 Å². The summed E-state index contributed by atoms with van der Waals surface area (Å²) in [4.78, 5) is 64.3. The fraction of sp³-hybridized carbons (Fsp3) is 0.639. The molecule has 0 saturated carbocycles. The van der Waals surface area contributed by atoms with Crippen molar-refractivity contribution in [2.45, 2.75) is 120 Å². The Hall–Kier alpha value is -4.37. The zero-order valence-corrected chi connectivity index (χ0v) is 30.1. The summed E-state index contributed by atoms with van der Waals surface area (Å²) >= 11 is 0. The van der Waals surface area contributed by atoms with E-state index in [4.69, 9.17) is 18.9 Å². The smallest absolute Gasteiger partial charge is 0.407 e. The second kappa shape index (κ2) is 14.7. The number of benzene rings is 1. The molecule has 0 radical (unpaired) electrons. The highest BCUT2D eigenvalue weighted by Crippen LogP contribution is 2.65. The van der Waals surface area contributed by atoms with Crippen molar-refractivity contribution < 1.29 is 53.1 Å². The van der Waals surface area contributed by atoms with Crippen LogP contribution in [-0.2, 0) is 45.2 Å². The van der Waals surface area contributed by atoms with E-state index in [1.807, 2.05) is 13.1 Å². The lowest BCUT2D eigenvalue weighted by Crippen LogP contribution is -2.74. The van der Waals surface area contributed by atoms with Crippen molar-refractivity contribution in [2.75, 3.05) is 26.7 Å². The van der Waals surface area contributed by atoms with Gasteiger partial charge in [-0.3, -0.25) is 14.4 Å². The van der Waals surface area contributed by atoms with Crippen LogP contribution in [0.1, 0.15) is 84.3 Å². The summed E-state index contributed by atoms with van der Waals surface area (Å²) in [6.07, 6.45) is 1.38. The minimum absolute atomic E-state index is 0.0479. The predicted octanol–water partition coefficient (Wildman–Crippen LogP) is 1.85. The summed E-state index contributed by atoms with van der Waals surface area (Å²) in [5.41, 5.74) is -1.02. The van der Waals surface area contributed by atoms with E-state index in [1.165, 1.54) is 13.8 Å². The van der Waals surface area contributed by atoms with Gasteiger partial charge in [-0.1, -0.05) is 6.07 Å². The first kappa shape index (κ1) is 37.9. The molecule has 1 aromatic rings. The number of aliphatic hydroxyl groups is 1. The van der Waals surface area contributed by atoms with E-state index < -0.39 is 64.7 Å². The molecule has 5 N–H and O–H groups in total. The van der Waals surface area contributed by atoms with Gasteiger partial charge in [-0.2, -0.15) is 0 Å². The zero-order valence-electron chi connectivity index (χ0n) is 30.1. The van der Waals surface area contributed by atoms with Crippen LogP contribution in [0.15, 0.2) is 24.0 Å². The molecule has 280 valence electrons. The number of amides is 3. The van der Waals surface area contributed by atoms with E-state index in [0.29, 0.717) is 50.9 Å². The number of unbranched alkanes of at least 4 members (excludes halogenated alkanes) is 1. The number of aromatic hydroxyl groups is 1. The Morgan fingerprint density at radius 2 is 1.86 bits per heavy atom. The monoisotopic (exact) mass is 714 g/mol. The third-order valence-corrected chi connectivity index (χ3v) is 10.1. The van der Waals surface area contributed by atoms with Gasteiger partial charge in [0.15, 0.2) is 23.7 Å². The highest BCUT2D eigenvalue weighted by atomic mass is 16.6. The average Bonchev–Trinajstić information content (AvgIpc) is 3.40. The van der Waals surface area contributed by atoms with Crippen molar-refractivity contribution in [3.63, 3.8) is 0 Å². The molecular formula is C36H50N4O11. The fourth-order valence-electron chi connectivity index (χ4n) is 7.84. The Morgan fingerprint density at radius 1 is 1.12 bits per heavy atom. The molecule has 1 spiro atoms. The number of likely N-dealkylation sites (tertiary alicyclic amines) is 1. The standard InChI is InChI=1S/C36H50N4O11/c1-20(48-27(43)13-17-37-31(44)23(39-21(2)41)9-7-8-16-38-33(46)51-34(3,4)5)32(45)49-25-12-14-36(47)26-19-22-10-11-24(42)29-28(22)35(36,30(25)50-29)15-18-40(26)6/h10-12,20,23,26,30,42,47H,7-9,13-19H2,1-6H3,(H,37,44)(H,38,46)(H,39,41). The molecule has 15 nitrogen and oxygen atoms in total. The fourth-order valence-corrected chi connectivity index (χ4v) is 7.84. The number of esters is 2. The maximum absolute atomic E-state index is 13.2. The van der Waals surface area contributed by atoms with E-state index in [0.717, 1.165) is 11.1 Å². The summed E-state index contributed by atoms with van der Waals surface area (Å²) in [6, 6.07) is 2.39. The highest BCUT2D eigenvalue weighted by molar-refractivity contribution is 5.87. The minimum Gasteiger partial charge on any atom is -0.504 e. The van der Waals surface area contributed by atoms with Crippen LogP contribution < -0.4 is 20.7 Å². The number of phenolic OH excluding ortho intramolecular Hbond substituents is 1. The number of ether oxygens (including phenoxy) is 4. The molecule has 5 rings (SSSR count). The van der Waals surface area contributed by atoms with Crippen molar-refractivity contribution in [3.05, 3.63) is 35.1 Å². The van der Waals surface area contributed by atoms with Crippen LogP contribution in [0.5, 0.6) is 11.5 Å². The van der Waals surface area contributed by atoms with Gasteiger partial charge >= 0.3 is 18.0 Å². The Morgan fingerprint density at radius 3 is 2.57 bits per heavy atom. The second-order valence-electron chi connectivity index (χ2n) is 14.9. The van der Waals surface area contributed by atoms with Gasteiger partial charge in [0.25, 0.3) is 0 Å². The molecule has 0 aromatic heterocycles. The zero-order chi connectivity index (χ0) is 37.3. The van der Waals surface area contributed by atoms with Crippen LogP contribution in [0, 0.1) is 0 Å². The van der Waals surface area contributed by atoms with Crippen molar-refractivity contribution in [1.82, 2.24) is 20.9 Å². The molecule has 51 heavy (non-hydrogen) atoms. The Bertz CT molecular complexity index is 1590. The number of nitrogens with zero attached hydrogens (tertiary/aromatic N) is 1. The van der Waals surface area contributed by atoms with Crippen LogP contribution in [0.3, 0.4) is 0 Å². The maximum Gasteiger partial charge on any atom is 0.407 e. The maximum atomic E-state index is 13.2. The first-order chi connectivity index (χ1) is 24.0. The topological polar surface area (TPSA) is 202 Å². The minimum atomic E-state index is -1.29. The highest BCUT2D eigenvalue weighted by Gasteiger charge is 2.72. The lowest BCUT2D eigenvalue weighted by atomic mass is 9.50. The van der Waals surface area contributed by atoms with E-state index in [1.54, 1.807) is 32.9 Å². The van der Waals surface area contributed by atoms with Crippen molar-refractivity contribution in [1.29, 1.82) is 0 Å². The Balaban J connectivity index is 1.11. The van der Waals surface area contributed by atoms with E-state index >= 15 is 0 Å². The third kappa shape index (κ3) is 7.64. The van der Waals surface area contributed by atoms with Crippen LogP contribution in [0.2, 0.25) is 0 Å². The summed E-state index contributed by atoms with van der Waals surface area (Å²) in [6.45, 7) is 8.87. The normalized spacial score (nSPS) is 25.6. The Labute approximate surface area is 297 Å². The van der Waals surface area contributed by atoms with Gasteiger partial charge in [-0.05, 0) is 91.1 Å². The van der Waals surface area contributed by atoms with Gasteiger partial charge in [0.2, 0.25) is 11.8 Å². The quantitative estimate of drug-likeness (QED) is 0.113. The van der Waals surface area contributed by atoms with Crippen LogP contribution >= 0.6 is 0 Å². The van der Waals surface area contributed by atoms with E-state index in [-0.39, 0.29) is 36.9 Å². The van der Waals surface area contributed by atoms with Gasteiger partial charge in [-0.15, -0.1) is 0 Å². The molecule has 4 aliphatic rings. The van der Waals surface area contributed by atoms with Crippen molar-refractivity contribution in [3.8, 4) is 11.5 Å². The molecule has 2 heterocycles. The molecular weight excluding hydrogens is 664 g/mol. The molecule has 6 atom stereocenters. The summed E-state index contributed by atoms with van der Waals surface area (Å²) in [5, 5.41) is 30.8. The number of rotatable bonds is 13. The first-order valence-electron chi connectivity index (χ1n) is 17.5. The molecule has 15 heteroatoms. The number of alkyl carbamates (subject to hydrolysis) is 1. The number of nitrogens with one attached hydrogen (secondary N) is 3. The van der Waals surface area contributed by atoms with Crippen LogP contribution in [0.25, 0.3) is 0 Å².